The van der Waals surface area contributed by atoms with Crippen LogP contribution in [0.5, 0.6) is 0 Å². The number of halogens is 1. The number of para-hydroxylation sites is 1. The van der Waals surface area contributed by atoms with Gasteiger partial charge in [0.1, 0.15) is 5.82 Å². The highest BCUT2D eigenvalue weighted by atomic mass is 19.1. The molecule has 1 heterocycles. The van der Waals surface area contributed by atoms with E-state index in [9.17, 15) is 4.39 Å². The molecule has 3 rings (SSSR count). The predicted octanol–water partition coefficient (Wildman–Crippen LogP) is 2.61. The van der Waals surface area contributed by atoms with Crippen molar-refractivity contribution in [3.8, 4) is 0 Å². The molecule has 1 saturated heterocycles. The predicted molar refractivity (Wildman–Crippen MR) is 85.2 cm³/mol. The minimum absolute atomic E-state index is 0.141. The molecule has 0 saturated carbocycles. The largest absolute Gasteiger partial charge is 0.368 e. The minimum atomic E-state index is -0.141. The lowest BCUT2D eigenvalue weighted by Crippen LogP contribution is -2.46. The maximum Gasteiger partial charge on any atom is 0.146 e. The molecule has 0 amide bonds. The quantitative estimate of drug-likeness (QED) is 0.941. The molecular weight excluding hydrogens is 265 g/mol. The second-order valence-corrected chi connectivity index (χ2v) is 5.30. The number of nitrogens with two attached hydrogens (primary N) is 1. The van der Waals surface area contributed by atoms with E-state index < -0.39 is 0 Å². The highest BCUT2D eigenvalue weighted by Gasteiger charge is 2.19. The first-order valence-electron chi connectivity index (χ1n) is 7.31. The number of rotatable bonds is 3. The highest BCUT2D eigenvalue weighted by molar-refractivity contribution is 5.52. The van der Waals surface area contributed by atoms with Gasteiger partial charge in [0.25, 0.3) is 0 Å². The van der Waals surface area contributed by atoms with Crippen LogP contribution in [-0.4, -0.2) is 26.2 Å². The van der Waals surface area contributed by atoms with Crippen LogP contribution in [0.1, 0.15) is 5.56 Å². The van der Waals surface area contributed by atoms with Gasteiger partial charge >= 0.3 is 0 Å². The Hall–Kier alpha value is -2.07. The molecule has 0 bridgehead atoms. The van der Waals surface area contributed by atoms with Gasteiger partial charge in [-0.15, -0.1) is 0 Å². The molecule has 2 aromatic rings. The minimum Gasteiger partial charge on any atom is -0.368 e. The van der Waals surface area contributed by atoms with E-state index in [-0.39, 0.29) is 5.82 Å². The zero-order chi connectivity index (χ0) is 14.7. The SMILES string of the molecule is NCc1ccc(N2CCN(c3ccccc3F)CC2)cc1. The van der Waals surface area contributed by atoms with E-state index in [1.165, 1.54) is 11.8 Å². The van der Waals surface area contributed by atoms with Crippen LogP contribution in [0, 0.1) is 5.82 Å². The molecule has 4 heteroatoms. The Morgan fingerprint density at radius 2 is 1.48 bits per heavy atom. The summed E-state index contributed by atoms with van der Waals surface area (Å²) in [6.07, 6.45) is 0. The van der Waals surface area contributed by atoms with Gasteiger partial charge in [-0.25, -0.2) is 4.39 Å². The van der Waals surface area contributed by atoms with Crippen molar-refractivity contribution >= 4 is 11.4 Å². The third-order valence-corrected chi connectivity index (χ3v) is 4.01. The maximum absolute atomic E-state index is 13.8. The number of hydrogen-bond acceptors (Lipinski definition) is 3. The molecule has 0 spiro atoms. The summed E-state index contributed by atoms with van der Waals surface area (Å²) >= 11 is 0. The first-order valence-corrected chi connectivity index (χ1v) is 7.31. The Labute approximate surface area is 124 Å². The van der Waals surface area contributed by atoms with Crippen molar-refractivity contribution in [2.45, 2.75) is 6.54 Å². The summed E-state index contributed by atoms with van der Waals surface area (Å²) in [5, 5.41) is 0. The second-order valence-electron chi connectivity index (χ2n) is 5.30. The molecule has 1 aliphatic rings. The summed E-state index contributed by atoms with van der Waals surface area (Å²) in [5.41, 5.74) is 8.67. The van der Waals surface area contributed by atoms with Crippen LogP contribution in [0.15, 0.2) is 48.5 Å². The van der Waals surface area contributed by atoms with Crippen molar-refractivity contribution < 1.29 is 4.39 Å². The molecule has 110 valence electrons. The van der Waals surface area contributed by atoms with Crippen molar-refractivity contribution in [1.29, 1.82) is 0 Å². The molecular formula is C17H20FN3. The number of piperazine rings is 1. The molecule has 1 aliphatic heterocycles. The van der Waals surface area contributed by atoms with Crippen molar-refractivity contribution in [3.63, 3.8) is 0 Å². The monoisotopic (exact) mass is 285 g/mol. The van der Waals surface area contributed by atoms with Gasteiger partial charge in [-0.05, 0) is 29.8 Å². The summed E-state index contributed by atoms with van der Waals surface area (Å²) < 4.78 is 13.8. The van der Waals surface area contributed by atoms with Crippen LogP contribution >= 0.6 is 0 Å². The summed E-state index contributed by atoms with van der Waals surface area (Å²) in [4.78, 5) is 4.44. The van der Waals surface area contributed by atoms with Gasteiger partial charge in [0.15, 0.2) is 0 Å². The summed E-state index contributed by atoms with van der Waals surface area (Å²) in [7, 11) is 0. The average Bonchev–Trinajstić information content (AvgIpc) is 2.56. The van der Waals surface area contributed by atoms with Gasteiger partial charge in [-0.1, -0.05) is 24.3 Å². The third-order valence-electron chi connectivity index (χ3n) is 4.01. The second kappa shape index (κ2) is 6.14. The van der Waals surface area contributed by atoms with Crippen LogP contribution in [0.2, 0.25) is 0 Å². The van der Waals surface area contributed by atoms with Gasteiger partial charge in [0.05, 0.1) is 5.69 Å². The van der Waals surface area contributed by atoms with E-state index in [0.29, 0.717) is 12.2 Å². The van der Waals surface area contributed by atoms with Gasteiger partial charge < -0.3 is 15.5 Å². The molecule has 0 radical (unpaired) electrons. The van der Waals surface area contributed by atoms with Crippen LogP contribution in [0.4, 0.5) is 15.8 Å². The average molecular weight is 285 g/mol. The molecule has 1 fully saturated rings. The number of anilines is 2. The first-order chi connectivity index (χ1) is 10.3. The third kappa shape index (κ3) is 3.00. The van der Waals surface area contributed by atoms with E-state index in [1.54, 1.807) is 6.07 Å². The van der Waals surface area contributed by atoms with Crippen LogP contribution in [0.25, 0.3) is 0 Å². The van der Waals surface area contributed by atoms with E-state index in [0.717, 1.165) is 31.7 Å². The summed E-state index contributed by atoms with van der Waals surface area (Å²) in [5.74, 6) is -0.141. The van der Waals surface area contributed by atoms with E-state index in [2.05, 4.69) is 34.1 Å². The molecule has 0 unspecified atom stereocenters. The Balaban J connectivity index is 1.66. The smallest absolute Gasteiger partial charge is 0.146 e. The molecule has 3 nitrogen and oxygen atoms in total. The lowest BCUT2D eigenvalue weighted by atomic mass is 10.1. The molecule has 2 aromatic carbocycles. The molecule has 21 heavy (non-hydrogen) atoms. The first kappa shape index (κ1) is 13.9. The number of nitrogens with zero attached hydrogens (tertiary/aromatic N) is 2. The lowest BCUT2D eigenvalue weighted by Gasteiger charge is -2.37. The van der Waals surface area contributed by atoms with Crippen LogP contribution < -0.4 is 15.5 Å². The van der Waals surface area contributed by atoms with Crippen LogP contribution in [0.3, 0.4) is 0 Å². The van der Waals surface area contributed by atoms with Crippen molar-refractivity contribution in [2.24, 2.45) is 5.73 Å². The van der Waals surface area contributed by atoms with Gasteiger partial charge in [-0.2, -0.15) is 0 Å². The van der Waals surface area contributed by atoms with Gasteiger partial charge in [0, 0.05) is 38.4 Å². The Morgan fingerprint density at radius 1 is 0.857 bits per heavy atom. The maximum atomic E-state index is 13.8. The van der Waals surface area contributed by atoms with Gasteiger partial charge in [0.2, 0.25) is 0 Å². The van der Waals surface area contributed by atoms with Crippen molar-refractivity contribution in [2.75, 3.05) is 36.0 Å². The molecule has 2 N–H and O–H groups in total. The Kier molecular flexibility index (Phi) is 4.06. The topological polar surface area (TPSA) is 32.5 Å². The Morgan fingerprint density at radius 3 is 2.10 bits per heavy atom. The summed E-state index contributed by atoms with van der Waals surface area (Å²) in [6, 6.07) is 15.3. The fraction of sp³-hybridized carbons (Fsp3) is 0.294. The van der Waals surface area contributed by atoms with E-state index >= 15 is 0 Å². The van der Waals surface area contributed by atoms with Crippen LogP contribution in [-0.2, 0) is 6.54 Å². The Bertz CT molecular complexity index is 589. The van der Waals surface area contributed by atoms with Crippen molar-refractivity contribution in [3.05, 3.63) is 59.9 Å². The fourth-order valence-electron chi connectivity index (χ4n) is 2.76. The highest BCUT2D eigenvalue weighted by Crippen LogP contribution is 2.23. The fourth-order valence-corrected chi connectivity index (χ4v) is 2.76. The number of hydrogen-bond donors (Lipinski definition) is 1. The zero-order valence-corrected chi connectivity index (χ0v) is 12.0. The van der Waals surface area contributed by atoms with E-state index in [4.69, 9.17) is 5.73 Å². The van der Waals surface area contributed by atoms with E-state index in [1.807, 2.05) is 12.1 Å². The summed E-state index contributed by atoms with van der Waals surface area (Å²) in [6.45, 7) is 4.03. The lowest BCUT2D eigenvalue weighted by molar-refractivity contribution is 0.598. The van der Waals surface area contributed by atoms with Crippen molar-refractivity contribution in [1.82, 2.24) is 0 Å². The number of benzene rings is 2. The van der Waals surface area contributed by atoms with Gasteiger partial charge in [-0.3, -0.25) is 0 Å². The molecule has 0 aliphatic carbocycles. The normalized spacial score (nSPS) is 15.3. The molecule has 0 atom stereocenters. The molecule has 0 aromatic heterocycles. The zero-order valence-electron chi connectivity index (χ0n) is 12.0. The standard InChI is InChI=1S/C17H20FN3/c18-16-3-1-2-4-17(16)21-11-9-20(10-12-21)15-7-5-14(13-19)6-8-15/h1-8H,9-13,19H2.